The van der Waals surface area contributed by atoms with Crippen molar-refractivity contribution in [3.8, 4) is 0 Å². The highest BCUT2D eigenvalue weighted by Gasteiger charge is 2.26. The van der Waals surface area contributed by atoms with Crippen LogP contribution in [0.2, 0.25) is 0 Å². The molecule has 1 saturated heterocycles. The minimum atomic E-state index is -0.471. The van der Waals surface area contributed by atoms with Crippen LogP contribution in [0, 0.1) is 5.82 Å². The van der Waals surface area contributed by atoms with E-state index in [1.54, 1.807) is 0 Å². The maximum absolute atomic E-state index is 13.1. The standard InChI is InChI=1S/C15H22FN3O/c1-10-4-3-5-11(2)19(10)9-15(20)18-12-6-7-13(16)14(17)8-12/h6-8,10-11H,3-5,9,17H2,1-2H3,(H,18,20). The fraction of sp³-hybridized carbons (Fsp3) is 0.533. The van der Waals surface area contributed by atoms with Crippen LogP contribution in [-0.4, -0.2) is 29.4 Å². The zero-order valence-electron chi connectivity index (χ0n) is 12.0. The highest BCUT2D eigenvalue weighted by Crippen LogP contribution is 2.22. The van der Waals surface area contributed by atoms with E-state index in [1.165, 1.54) is 24.6 Å². The smallest absolute Gasteiger partial charge is 0.238 e. The average molecular weight is 279 g/mol. The number of carbonyl (C=O) groups is 1. The molecule has 5 heteroatoms. The second-order valence-corrected chi connectivity index (χ2v) is 5.59. The first-order chi connectivity index (χ1) is 9.47. The molecular formula is C15H22FN3O. The number of amides is 1. The van der Waals surface area contributed by atoms with Gasteiger partial charge in [0.2, 0.25) is 5.91 Å². The fourth-order valence-electron chi connectivity index (χ4n) is 2.77. The lowest BCUT2D eigenvalue weighted by atomic mass is 9.97. The van der Waals surface area contributed by atoms with Crippen LogP contribution in [0.15, 0.2) is 18.2 Å². The summed E-state index contributed by atoms with van der Waals surface area (Å²) < 4.78 is 13.1. The van der Waals surface area contributed by atoms with Crippen molar-refractivity contribution in [2.45, 2.75) is 45.2 Å². The van der Waals surface area contributed by atoms with E-state index in [-0.39, 0.29) is 11.6 Å². The van der Waals surface area contributed by atoms with Gasteiger partial charge < -0.3 is 11.1 Å². The molecule has 1 heterocycles. The average Bonchev–Trinajstić information content (AvgIpc) is 2.38. The zero-order chi connectivity index (χ0) is 14.7. The highest BCUT2D eigenvalue weighted by molar-refractivity contribution is 5.92. The predicted molar refractivity (Wildman–Crippen MR) is 78.9 cm³/mol. The number of halogens is 1. The molecule has 2 unspecified atom stereocenters. The van der Waals surface area contributed by atoms with E-state index in [1.807, 2.05) is 0 Å². The van der Waals surface area contributed by atoms with Gasteiger partial charge in [0, 0.05) is 17.8 Å². The molecule has 2 rings (SSSR count). The molecule has 1 aromatic rings. The number of anilines is 2. The second-order valence-electron chi connectivity index (χ2n) is 5.59. The van der Waals surface area contributed by atoms with Gasteiger partial charge >= 0.3 is 0 Å². The Morgan fingerprint density at radius 3 is 2.65 bits per heavy atom. The van der Waals surface area contributed by atoms with Crippen molar-refractivity contribution in [2.75, 3.05) is 17.6 Å². The van der Waals surface area contributed by atoms with Gasteiger partial charge in [0.05, 0.1) is 12.2 Å². The number of rotatable bonds is 3. The van der Waals surface area contributed by atoms with Crippen molar-refractivity contribution in [3.05, 3.63) is 24.0 Å². The van der Waals surface area contributed by atoms with Crippen molar-refractivity contribution in [1.29, 1.82) is 0 Å². The molecule has 0 spiro atoms. The van der Waals surface area contributed by atoms with Crippen LogP contribution in [0.4, 0.5) is 15.8 Å². The fourth-order valence-corrected chi connectivity index (χ4v) is 2.77. The topological polar surface area (TPSA) is 58.4 Å². The quantitative estimate of drug-likeness (QED) is 0.836. The molecule has 1 aliphatic heterocycles. The summed E-state index contributed by atoms with van der Waals surface area (Å²) >= 11 is 0. The number of nitrogens with two attached hydrogens (primary N) is 1. The van der Waals surface area contributed by atoms with Crippen LogP contribution >= 0.6 is 0 Å². The lowest BCUT2D eigenvalue weighted by molar-refractivity contribution is -0.118. The molecule has 0 bridgehead atoms. The van der Waals surface area contributed by atoms with Crippen molar-refractivity contribution in [3.63, 3.8) is 0 Å². The van der Waals surface area contributed by atoms with Crippen LogP contribution < -0.4 is 11.1 Å². The number of likely N-dealkylation sites (tertiary alicyclic amines) is 1. The van der Waals surface area contributed by atoms with Crippen LogP contribution in [0.5, 0.6) is 0 Å². The van der Waals surface area contributed by atoms with E-state index in [0.29, 0.717) is 24.3 Å². The first-order valence-corrected chi connectivity index (χ1v) is 7.08. The van der Waals surface area contributed by atoms with Crippen LogP contribution in [0.3, 0.4) is 0 Å². The van der Waals surface area contributed by atoms with Crippen LogP contribution in [-0.2, 0) is 4.79 Å². The summed E-state index contributed by atoms with van der Waals surface area (Å²) in [5.41, 5.74) is 6.07. The molecule has 0 aromatic heterocycles. The lowest BCUT2D eigenvalue weighted by Crippen LogP contribution is -2.47. The second kappa shape index (κ2) is 6.22. The van der Waals surface area contributed by atoms with Crippen molar-refractivity contribution in [1.82, 2.24) is 4.90 Å². The number of benzene rings is 1. The molecule has 0 radical (unpaired) electrons. The molecule has 2 atom stereocenters. The number of nitrogen functional groups attached to an aromatic ring is 1. The van der Waals surface area contributed by atoms with Gasteiger partial charge in [0.1, 0.15) is 5.82 Å². The van der Waals surface area contributed by atoms with E-state index in [9.17, 15) is 9.18 Å². The molecular weight excluding hydrogens is 257 g/mol. The molecule has 110 valence electrons. The Bertz CT molecular complexity index is 482. The molecule has 0 aliphatic carbocycles. The minimum Gasteiger partial charge on any atom is -0.396 e. The summed E-state index contributed by atoms with van der Waals surface area (Å²) in [5.74, 6) is -0.558. The largest absolute Gasteiger partial charge is 0.396 e. The maximum atomic E-state index is 13.1. The molecule has 20 heavy (non-hydrogen) atoms. The Hall–Kier alpha value is -1.62. The zero-order valence-corrected chi connectivity index (χ0v) is 12.0. The Balaban J connectivity index is 1.96. The molecule has 1 aromatic carbocycles. The van der Waals surface area contributed by atoms with Gasteiger partial charge in [-0.05, 0) is 44.9 Å². The molecule has 1 amide bonds. The molecule has 3 N–H and O–H groups in total. The Morgan fingerprint density at radius 1 is 1.40 bits per heavy atom. The molecule has 1 aliphatic rings. The van der Waals surface area contributed by atoms with Gasteiger partial charge in [0.25, 0.3) is 0 Å². The summed E-state index contributed by atoms with van der Waals surface area (Å²) in [6, 6.07) is 5.06. The SMILES string of the molecule is CC1CCCC(C)N1CC(=O)Nc1ccc(F)c(N)c1. The Labute approximate surface area is 119 Å². The minimum absolute atomic E-state index is 0.0440. The van der Waals surface area contributed by atoms with Crippen molar-refractivity contribution in [2.24, 2.45) is 0 Å². The van der Waals surface area contributed by atoms with Gasteiger partial charge in [-0.3, -0.25) is 9.69 Å². The first-order valence-electron chi connectivity index (χ1n) is 7.08. The third-order valence-electron chi connectivity index (χ3n) is 3.98. The number of hydrogen-bond acceptors (Lipinski definition) is 3. The van der Waals surface area contributed by atoms with E-state index >= 15 is 0 Å². The molecule has 0 saturated carbocycles. The van der Waals surface area contributed by atoms with Gasteiger partial charge in [-0.1, -0.05) is 6.42 Å². The first kappa shape index (κ1) is 14.8. The van der Waals surface area contributed by atoms with E-state index in [2.05, 4.69) is 24.1 Å². The highest BCUT2D eigenvalue weighted by atomic mass is 19.1. The number of nitrogens with one attached hydrogen (secondary N) is 1. The number of piperidine rings is 1. The van der Waals surface area contributed by atoms with E-state index in [0.717, 1.165) is 12.8 Å². The summed E-state index contributed by atoms with van der Waals surface area (Å²) in [5, 5.41) is 2.77. The molecule has 4 nitrogen and oxygen atoms in total. The monoisotopic (exact) mass is 279 g/mol. The third-order valence-corrected chi connectivity index (χ3v) is 3.98. The summed E-state index contributed by atoms with van der Waals surface area (Å²) in [7, 11) is 0. The number of hydrogen-bond donors (Lipinski definition) is 2. The summed E-state index contributed by atoms with van der Waals surface area (Å²) in [6.45, 7) is 4.66. The van der Waals surface area contributed by atoms with E-state index in [4.69, 9.17) is 5.73 Å². The number of carbonyl (C=O) groups excluding carboxylic acids is 1. The van der Waals surface area contributed by atoms with Gasteiger partial charge in [-0.25, -0.2) is 4.39 Å². The normalized spacial score (nSPS) is 23.6. The summed E-state index contributed by atoms with van der Waals surface area (Å²) in [4.78, 5) is 14.3. The van der Waals surface area contributed by atoms with Gasteiger partial charge in [-0.2, -0.15) is 0 Å². The van der Waals surface area contributed by atoms with Gasteiger partial charge in [-0.15, -0.1) is 0 Å². The van der Waals surface area contributed by atoms with E-state index < -0.39 is 5.82 Å². The Kier molecular flexibility index (Phi) is 4.60. The Morgan fingerprint density at radius 2 is 2.05 bits per heavy atom. The maximum Gasteiger partial charge on any atom is 0.238 e. The third kappa shape index (κ3) is 3.48. The number of nitrogens with zero attached hydrogens (tertiary/aromatic N) is 1. The van der Waals surface area contributed by atoms with Crippen LogP contribution in [0.25, 0.3) is 0 Å². The van der Waals surface area contributed by atoms with Gasteiger partial charge in [0.15, 0.2) is 0 Å². The van der Waals surface area contributed by atoms with Crippen molar-refractivity contribution < 1.29 is 9.18 Å². The predicted octanol–water partition coefficient (Wildman–Crippen LogP) is 2.61. The summed E-state index contributed by atoms with van der Waals surface area (Å²) in [6.07, 6.45) is 3.47. The van der Waals surface area contributed by atoms with Crippen molar-refractivity contribution >= 4 is 17.3 Å². The lowest BCUT2D eigenvalue weighted by Gasteiger charge is -2.38. The molecule has 1 fully saturated rings. The van der Waals surface area contributed by atoms with Crippen LogP contribution in [0.1, 0.15) is 33.1 Å².